The Bertz CT molecular complexity index is 407. The first-order valence-electron chi connectivity index (χ1n) is 5.59. The molecule has 1 aromatic rings. The van der Waals surface area contributed by atoms with Gasteiger partial charge in [0.25, 0.3) is 5.56 Å². The van der Waals surface area contributed by atoms with E-state index in [1.54, 1.807) is 0 Å². The molecule has 0 radical (unpaired) electrons. The lowest BCUT2D eigenvalue weighted by molar-refractivity contribution is -0.120. The molecule has 6 nitrogen and oxygen atoms in total. The minimum atomic E-state index is -0.305. The number of aromatic nitrogens is 2. The Morgan fingerprint density at radius 2 is 2.24 bits per heavy atom. The monoisotopic (exact) mass is 238 g/mol. The van der Waals surface area contributed by atoms with Crippen LogP contribution in [0.4, 0.5) is 5.82 Å². The molecule has 0 saturated heterocycles. The number of carbonyl (C=O) groups is 1. The molecule has 0 aliphatic rings. The highest BCUT2D eigenvalue weighted by Gasteiger charge is 2.18. The molecule has 0 aliphatic heterocycles. The van der Waals surface area contributed by atoms with Crippen LogP contribution in [0, 0.1) is 11.8 Å². The third-order valence-corrected chi connectivity index (χ3v) is 2.34. The van der Waals surface area contributed by atoms with Crippen molar-refractivity contribution < 1.29 is 4.79 Å². The fraction of sp³-hybridized carbons (Fsp3) is 0.545. The van der Waals surface area contributed by atoms with Gasteiger partial charge in [-0.05, 0) is 18.4 Å². The maximum Gasteiger partial charge on any atom is 0.264 e. The van der Waals surface area contributed by atoms with Crippen molar-refractivity contribution in [1.82, 2.24) is 10.2 Å². The number of nitrogens with two attached hydrogens (primary N) is 1. The summed E-state index contributed by atoms with van der Waals surface area (Å²) >= 11 is 0. The fourth-order valence-corrected chi connectivity index (χ4v) is 1.52. The molecule has 0 bridgehead atoms. The standard InChI is InChI=1S/C11H18N4O2/c1-7(2)5-8(6-12)11(17)13-9-3-4-10(16)15-14-9/h3-4,7-8H,5-6,12H2,1-2H3,(H,15,16)(H,13,14,17). The van der Waals surface area contributed by atoms with Crippen LogP contribution in [0.15, 0.2) is 16.9 Å². The first-order valence-corrected chi connectivity index (χ1v) is 5.59. The van der Waals surface area contributed by atoms with Gasteiger partial charge in [0.2, 0.25) is 5.91 Å². The van der Waals surface area contributed by atoms with E-state index >= 15 is 0 Å². The summed E-state index contributed by atoms with van der Waals surface area (Å²) in [6.07, 6.45) is 0.728. The van der Waals surface area contributed by atoms with Crippen molar-refractivity contribution >= 4 is 11.7 Å². The Morgan fingerprint density at radius 3 is 2.71 bits per heavy atom. The first kappa shape index (κ1) is 13.4. The molecule has 17 heavy (non-hydrogen) atoms. The highest BCUT2D eigenvalue weighted by Crippen LogP contribution is 2.12. The van der Waals surface area contributed by atoms with Crippen LogP contribution in [0.1, 0.15) is 20.3 Å². The van der Waals surface area contributed by atoms with Gasteiger partial charge in [-0.3, -0.25) is 9.59 Å². The van der Waals surface area contributed by atoms with E-state index in [-0.39, 0.29) is 17.4 Å². The number of H-pyrrole nitrogens is 1. The second-order valence-electron chi connectivity index (χ2n) is 4.36. The number of nitrogens with zero attached hydrogens (tertiary/aromatic N) is 1. The molecule has 4 N–H and O–H groups in total. The van der Waals surface area contributed by atoms with Crippen LogP contribution in [0.2, 0.25) is 0 Å². The normalized spacial score (nSPS) is 12.5. The zero-order valence-electron chi connectivity index (χ0n) is 10.1. The maximum atomic E-state index is 11.8. The average molecular weight is 238 g/mol. The van der Waals surface area contributed by atoms with Crippen LogP contribution in [0.3, 0.4) is 0 Å². The summed E-state index contributed by atoms with van der Waals surface area (Å²) in [6, 6.07) is 2.77. The SMILES string of the molecule is CC(C)CC(CN)C(=O)Nc1ccc(=O)[nH]n1. The molecule has 94 valence electrons. The Kier molecular flexibility index (Phi) is 4.84. The largest absolute Gasteiger partial charge is 0.330 e. The molecular formula is C11H18N4O2. The highest BCUT2D eigenvalue weighted by molar-refractivity contribution is 5.91. The molecule has 1 unspecified atom stereocenters. The van der Waals surface area contributed by atoms with Gasteiger partial charge in [0.05, 0.1) is 5.92 Å². The van der Waals surface area contributed by atoms with Gasteiger partial charge >= 0.3 is 0 Å². The topological polar surface area (TPSA) is 101 Å². The van der Waals surface area contributed by atoms with E-state index in [9.17, 15) is 9.59 Å². The van der Waals surface area contributed by atoms with E-state index < -0.39 is 0 Å². The van der Waals surface area contributed by atoms with Crippen molar-refractivity contribution in [2.24, 2.45) is 17.6 Å². The molecule has 6 heteroatoms. The Balaban J connectivity index is 2.63. The Morgan fingerprint density at radius 1 is 1.53 bits per heavy atom. The van der Waals surface area contributed by atoms with E-state index in [1.165, 1.54) is 12.1 Å². The van der Waals surface area contributed by atoms with Gasteiger partial charge in [-0.1, -0.05) is 13.8 Å². The van der Waals surface area contributed by atoms with E-state index in [0.29, 0.717) is 18.3 Å². The number of hydrogen-bond acceptors (Lipinski definition) is 4. The zero-order valence-corrected chi connectivity index (χ0v) is 10.1. The van der Waals surface area contributed by atoms with E-state index in [0.717, 1.165) is 6.42 Å². The molecule has 0 spiro atoms. The summed E-state index contributed by atoms with van der Waals surface area (Å²) in [5, 5.41) is 8.58. The number of anilines is 1. The van der Waals surface area contributed by atoms with Crippen LogP contribution in [-0.2, 0) is 4.79 Å². The number of nitrogens with one attached hydrogen (secondary N) is 2. The summed E-state index contributed by atoms with van der Waals surface area (Å²) in [4.78, 5) is 22.6. The van der Waals surface area contributed by atoms with Crippen molar-refractivity contribution in [3.05, 3.63) is 22.5 Å². The van der Waals surface area contributed by atoms with Gasteiger partial charge in [-0.15, -0.1) is 0 Å². The van der Waals surface area contributed by atoms with E-state index in [1.807, 2.05) is 13.8 Å². The average Bonchev–Trinajstić information content (AvgIpc) is 2.28. The number of aromatic amines is 1. The molecule has 0 saturated carbocycles. The van der Waals surface area contributed by atoms with Crippen LogP contribution >= 0.6 is 0 Å². The van der Waals surface area contributed by atoms with Gasteiger partial charge < -0.3 is 11.1 Å². The van der Waals surface area contributed by atoms with Crippen molar-refractivity contribution in [3.8, 4) is 0 Å². The van der Waals surface area contributed by atoms with Gasteiger partial charge in [0, 0.05) is 12.6 Å². The Labute approximate surface area is 99.6 Å². The number of amides is 1. The maximum absolute atomic E-state index is 11.8. The van der Waals surface area contributed by atoms with Crippen molar-refractivity contribution in [3.63, 3.8) is 0 Å². The lowest BCUT2D eigenvalue weighted by atomic mass is 9.96. The first-order chi connectivity index (χ1) is 8.02. The van der Waals surface area contributed by atoms with Crippen LogP contribution < -0.4 is 16.6 Å². The fourth-order valence-electron chi connectivity index (χ4n) is 1.52. The van der Waals surface area contributed by atoms with Gasteiger partial charge in [-0.25, -0.2) is 5.10 Å². The lowest BCUT2D eigenvalue weighted by Crippen LogP contribution is -2.31. The third-order valence-electron chi connectivity index (χ3n) is 2.34. The van der Waals surface area contributed by atoms with Crippen molar-refractivity contribution in [1.29, 1.82) is 0 Å². The van der Waals surface area contributed by atoms with E-state index in [2.05, 4.69) is 15.5 Å². The Hall–Kier alpha value is -1.69. The summed E-state index contributed by atoms with van der Waals surface area (Å²) in [5.41, 5.74) is 5.26. The molecular weight excluding hydrogens is 220 g/mol. The zero-order chi connectivity index (χ0) is 12.8. The predicted octanol–water partition coefficient (Wildman–Crippen LogP) is 0.329. The van der Waals surface area contributed by atoms with Gasteiger partial charge in [0.15, 0.2) is 5.82 Å². The van der Waals surface area contributed by atoms with Crippen LogP contribution in [-0.4, -0.2) is 22.6 Å². The minimum absolute atomic E-state index is 0.166. The smallest absolute Gasteiger partial charge is 0.264 e. The summed E-state index contributed by atoms with van der Waals surface area (Å²) in [7, 11) is 0. The number of carbonyl (C=O) groups excluding carboxylic acids is 1. The van der Waals surface area contributed by atoms with E-state index in [4.69, 9.17) is 5.73 Å². The van der Waals surface area contributed by atoms with Crippen LogP contribution in [0.5, 0.6) is 0 Å². The predicted molar refractivity (Wildman–Crippen MR) is 65.5 cm³/mol. The molecule has 1 amide bonds. The second-order valence-corrected chi connectivity index (χ2v) is 4.36. The van der Waals surface area contributed by atoms with Crippen molar-refractivity contribution in [2.75, 3.05) is 11.9 Å². The minimum Gasteiger partial charge on any atom is -0.330 e. The van der Waals surface area contributed by atoms with Gasteiger partial charge in [-0.2, -0.15) is 5.10 Å². The van der Waals surface area contributed by atoms with Gasteiger partial charge in [0.1, 0.15) is 0 Å². The summed E-state index contributed by atoms with van der Waals surface area (Å²) < 4.78 is 0. The quantitative estimate of drug-likeness (QED) is 0.688. The highest BCUT2D eigenvalue weighted by atomic mass is 16.2. The molecule has 0 fully saturated rings. The second kappa shape index (κ2) is 6.15. The number of hydrogen-bond donors (Lipinski definition) is 3. The molecule has 1 heterocycles. The molecule has 1 rings (SSSR count). The van der Waals surface area contributed by atoms with Crippen molar-refractivity contribution in [2.45, 2.75) is 20.3 Å². The summed E-state index contributed by atoms with van der Waals surface area (Å²) in [5.74, 6) is 0.333. The lowest BCUT2D eigenvalue weighted by Gasteiger charge is -2.16. The number of rotatable bonds is 5. The molecule has 1 aromatic heterocycles. The molecule has 1 atom stereocenters. The molecule has 0 aromatic carbocycles. The van der Waals surface area contributed by atoms with Crippen LogP contribution in [0.25, 0.3) is 0 Å². The molecule has 0 aliphatic carbocycles. The third kappa shape index (κ3) is 4.36. The summed E-state index contributed by atoms with van der Waals surface area (Å²) in [6.45, 7) is 4.37.